The van der Waals surface area contributed by atoms with Gasteiger partial charge in [-0.05, 0) is 12.8 Å². The summed E-state index contributed by atoms with van der Waals surface area (Å²) in [5, 5.41) is 14.0. The van der Waals surface area contributed by atoms with Crippen LogP contribution in [0.25, 0.3) is 0 Å². The van der Waals surface area contributed by atoms with Gasteiger partial charge in [-0.15, -0.1) is 0 Å². The highest BCUT2D eigenvalue weighted by Crippen LogP contribution is 2.35. The highest BCUT2D eigenvalue weighted by Gasteiger charge is 2.51. The van der Waals surface area contributed by atoms with Crippen molar-refractivity contribution in [2.45, 2.75) is 18.4 Å². The lowest BCUT2D eigenvalue weighted by Crippen LogP contribution is -2.44. The molecule has 0 aromatic heterocycles. The number of nitrogens with one attached hydrogen (secondary N) is 2. The van der Waals surface area contributed by atoms with Crippen LogP contribution in [0.1, 0.15) is 12.8 Å². The van der Waals surface area contributed by atoms with E-state index in [1.54, 1.807) is 7.05 Å². The first-order valence-electron chi connectivity index (χ1n) is 5.34. The lowest BCUT2D eigenvalue weighted by molar-refractivity contribution is -0.142. The van der Waals surface area contributed by atoms with E-state index >= 15 is 0 Å². The monoisotopic (exact) mass is 252 g/mol. The van der Waals surface area contributed by atoms with Crippen LogP contribution in [-0.4, -0.2) is 35.8 Å². The van der Waals surface area contributed by atoms with Gasteiger partial charge >= 0.3 is 5.97 Å². The van der Waals surface area contributed by atoms with E-state index in [1.165, 1.54) is 6.21 Å². The van der Waals surface area contributed by atoms with Crippen molar-refractivity contribution in [3.05, 3.63) is 24.2 Å². The van der Waals surface area contributed by atoms with Gasteiger partial charge in [-0.3, -0.25) is 4.79 Å². The second-order valence-corrected chi connectivity index (χ2v) is 3.92. The van der Waals surface area contributed by atoms with E-state index in [0.29, 0.717) is 18.7 Å². The zero-order chi connectivity index (χ0) is 13.8. The van der Waals surface area contributed by atoms with Crippen LogP contribution in [0.5, 0.6) is 0 Å². The maximum Gasteiger partial charge on any atom is 0.329 e. The molecule has 0 heterocycles. The van der Waals surface area contributed by atoms with E-state index in [0.717, 1.165) is 6.20 Å². The van der Waals surface area contributed by atoms with Gasteiger partial charge in [0.1, 0.15) is 11.4 Å². The normalized spacial score (nSPS) is 17.3. The summed E-state index contributed by atoms with van der Waals surface area (Å²) in [7, 11) is 1.63. The first-order chi connectivity index (χ1) is 8.45. The van der Waals surface area contributed by atoms with E-state index in [4.69, 9.17) is 10.8 Å². The molecule has 0 atom stereocenters. The standard InChI is InChI=1S/C11H16N4O3/c1-7(13-2)14-6-8(5-12)9(16)15-11(3-4-11)10(17)18/h5-6,13H,1,3-4,12H2,2H3,(H,15,16)(H,17,18)/b8-5+,14-6-. The Kier molecular flexibility index (Phi) is 4.09. The Bertz CT molecular complexity index is 436. The van der Waals surface area contributed by atoms with E-state index in [-0.39, 0.29) is 5.57 Å². The molecule has 5 N–H and O–H groups in total. The lowest BCUT2D eigenvalue weighted by atomic mass is 10.2. The third-order valence-corrected chi connectivity index (χ3v) is 2.60. The number of rotatable bonds is 6. The third kappa shape index (κ3) is 3.09. The molecule has 0 spiro atoms. The maximum absolute atomic E-state index is 11.8. The van der Waals surface area contributed by atoms with Crippen LogP contribution in [0.2, 0.25) is 0 Å². The second-order valence-electron chi connectivity index (χ2n) is 3.92. The van der Waals surface area contributed by atoms with Gasteiger partial charge in [0.25, 0.3) is 5.91 Å². The summed E-state index contributed by atoms with van der Waals surface area (Å²) in [6, 6.07) is 0. The van der Waals surface area contributed by atoms with Gasteiger partial charge in [0.2, 0.25) is 0 Å². The molecule has 0 aliphatic heterocycles. The minimum Gasteiger partial charge on any atom is -0.480 e. The predicted octanol–water partition coefficient (Wildman–Crippen LogP) is -0.676. The van der Waals surface area contributed by atoms with Crippen LogP contribution in [0, 0.1) is 0 Å². The zero-order valence-electron chi connectivity index (χ0n) is 10.1. The van der Waals surface area contributed by atoms with Crippen molar-refractivity contribution in [3.63, 3.8) is 0 Å². The number of nitrogens with two attached hydrogens (primary N) is 1. The fourth-order valence-corrected chi connectivity index (χ4v) is 1.20. The molecule has 0 unspecified atom stereocenters. The van der Waals surface area contributed by atoms with Crippen molar-refractivity contribution in [2.75, 3.05) is 7.05 Å². The molecule has 98 valence electrons. The summed E-state index contributed by atoms with van der Waals surface area (Å²) >= 11 is 0. The van der Waals surface area contributed by atoms with E-state index in [2.05, 4.69) is 22.2 Å². The van der Waals surface area contributed by atoms with Crippen LogP contribution in [-0.2, 0) is 9.59 Å². The molecule has 1 saturated carbocycles. The number of amides is 1. The minimum absolute atomic E-state index is 0.0823. The molecule has 0 saturated heterocycles. The molecule has 0 bridgehead atoms. The summed E-state index contributed by atoms with van der Waals surface area (Å²) in [5.41, 5.74) is 4.25. The number of nitrogens with zero attached hydrogens (tertiary/aromatic N) is 1. The smallest absolute Gasteiger partial charge is 0.329 e. The Morgan fingerprint density at radius 1 is 1.50 bits per heavy atom. The summed E-state index contributed by atoms with van der Waals surface area (Å²) < 4.78 is 0. The van der Waals surface area contributed by atoms with Gasteiger partial charge in [-0.1, -0.05) is 6.58 Å². The number of carboxylic acids is 1. The van der Waals surface area contributed by atoms with Crippen molar-refractivity contribution < 1.29 is 14.7 Å². The molecule has 1 amide bonds. The molecular formula is C11H16N4O3. The highest BCUT2D eigenvalue weighted by atomic mass is 16.4. The number of hydrogen-bond acceptors (Lipinski definition) is 5. The summed E-state index contributed by atoms with van der Waals surface area (Å²) in [4.78, 5) is 26.5. The molecule has 0 aromatic carbocycles. The minimum atomic E-state index is -1.14. The van der Waals surface area contributed by atoms with E-state index < -0.39 is 17.4 Å². The number of aliphatic imine (C=N–C) groups is 1. The van der Waals surface area contributed by atoms with Gasteiger partial charge in [0.15, 0.2) is 0 Å². The molecule has 1 fully saturated rings. The van der Waals surface area contributed by atoms with Gasteiger partial charge in [0.05, 0.1) is 5.57 Å². The fraction of sp³-hybridized carbons (Fsp3) is 0.364. The number of aliphatic carboxylic acids is 1. The Labute approximate surface area is 104 Å². The lowest BCUT2D eigenvalue weighted by Gasteiger charge is -2.12. The van der Waals surface area contributed by atoms with E-state index in [9.17, 15) is 9.59 Å². The predicted molar refractivity (Wildman–Crippen MR) is 66.7 cm³/mol. The first kappa shape index (κ1) is 13.8. The Hall–Kier alpha value is -2.31. The average Bonchev–Trinajstić information content (AvgIpc) is 3.10. The topological polar surface area (TPSA) is 117 Å². The number of hydrogen-bond donors (Lipinski definition) is 4. The Balaban J connectivity index is 2.68. The van der Waals surface area contributed by atoms with Crippen LogP contribution in [0.3, 0.4) is 0 Å². The second kappa shape index (κ2) is 5.35. The van der Waals surface area contributed by atoms with Gasteiger partial charge in [-0.25, -0.2) is 9.79 Å². The molecule has 1 rings (SSSR count). The van der Waals surface area contributed by atoms with E-state index in [1.807, 2.05) is 0 Å². The molecule has 0 aromatic rings. The molecule has 1 aliphatic rings. The zero-order valence-corrected chi connectivity index (χ0v) is 10.1. The van der Waals surface area contributed by atoms with Gasteiger partial charge in [0, 0.05) is 19.5 Å². The number of carbonyl (C=O) groups excluding carboxylic acids is 1. The molecule has 18 heavy (non-hydrogen) atoms. The molecular weight excluding hydrogens is 236 g/mol. The third-order valence-electron chi connectivity index (χ3n) is 2.60. The molecule has 0 radical (unpaired) electrons. The molecule has 7 heteroatoms. The highest BCUT2D eigenvalue weighted by molar-refractivity contribution is 6.13. The van der Waals surface area contributed by atoms with Crippen molar-refractivity contribution in [1.82, 2.24) is 10.6 Å². The molecule has 7 nitrogen and oxygen atoms in total. The van der Waals surface area contributed by atoms with Crippen molar-refractivity contribution in [1.29, 1.82) is 0 Å². The fourth-order valence-electron chi connectivity index (χ4n) is 1.20. The largest absolute Gasteiger partial charge is 0.480 e. The number of carbonyl (C=O) groups is 2. The summed E-state index contributed by atoms with van der Waals surface area (Å²) in [5.74, 6) is -1.24. The van der Waals surface area contributed by atoms with Crippen molar-refractivity contribution in [2.24, 2.45) is 10.7 Å². The summed E-state index contributed by atoms with van der Waals surface area (Å²) in [6.07, 6.45) is 3.14. The van der Waals surface area contributed by atoms with Crippen molar-refractivity contribution >= 4 is 18.1 Å². The SMILES string of the molecule is C=C(/N=C\C(=C/N)C(=O)NC1(C(=O)O)CC1)NC. The summed E-state index contributed by atoms with van der Waals surface area (Å²) in [6.45, 7) is 3.55. The number of carboxylic acid groups (broad SMARTS) is 1. The van der Waals surface area contributed by atoms with Crippen LogP contribution in [0.4, 0.5) is 0 Å². The van der Waals surface area contributed by atoms with Crippen LogP contribution < -0.4 is 16.4 Å². The average molecular weight is 252 g/mol. The first-order valence-corrected chi connectivity index (χ1v) is 5.34. The Morgan fingerprint density at radius 2 is 2.11 bits per heavy atom. The van der Waals surface area contributed by atoms with Crippen molar-refractivity contribution in [3.8, 4) is 0 Å². The van der Waals surface area contributed by atoms with Crippen LogP contribution in [0.15, 0.2) is 29.2 Å². The van der Waals surface area contributed by atoms with Crippen LogP contribution >= 0.6 is 0 Å². The van der Waals surface area contributed by atoms with Gasteiger partial charge < -0.3 is 21.5 Å². The maximum atomic E-state index is 11.8. The van der Waals surface area contributed by atoms with Gasteiger partial charge in [-0.2, -0.15) is 0 Å². The quantitative estimate of drug-likeness (QED) is 0.369. The Morgan fingerprint density at radius 3 is 2.50 bits per heavy atom. The molecule has 1 aliphatic carbocycles.